The second-order valence-electron chi connectivity index (χ2n) is 3.08. The van der Waals surface area contributed by atoms with Crippen molar-refractivity contribution in [2.45, 2.75) is 26.7 Å². The second kappa shape index (κ2) is 6.41. The van der Waals surface area contributed by atoms with Crippen molar-refractivity contribution in [2.24, 2.45) is 0 Å². The summed E-state index contributed by atoms with van der Waals surface area (Å²) in [5.74, 6) is 0. The summed E-state index contributed by atoms with van der Waals surface area (Å²) in [4.78, 5) is 0. The SMILES string of the molecule is C=[N+](CCC)CCC.[Cl][Sb-]([Cl])([Cl])([Cl])([Cl])[Cl]. The van der Waals surface area contributed by atoms with E-state index in [0.717, 1.165) is 13.1 Å². The van der Waals surface area contributed by atoms with Crippen LogP contribution in [0.1, 0.15) is 26.7 Å². The molecule has 0 aliphatic heterocycles. The third-order valence-corrected chi connectivity index (χ3v) is 1.08. The molecule has 0 aliphatic carbocycles. The molecule has 0 aromatic heterocycles. The molecule has 0 fully saturated rings. The molecule has 0 N–H and O–H groups in total. The molecule has 0 amide bonds. The molecule has 0 unspecified atom stereocenters. The first-order chi connectivity index (χ1) is 6.26. The molecule has 96 valence electrons. The third kappa shape index (κ3) is 48.5. The summed E-state index contributed by atoms with van der Waals surface area (Å²) in [6.45, 7) is 10.5. The summed E-state index contributed by atoms with van der Waals surface area (Å²) >= 11 is 0. The molecule has 0 heterocycles. The van der Waals surface area contributed by atoms with E-state index in [2.05, 4.69) is 25.1 Å². The quantitative estimate of drug-likeness (QED) is 0.313. The first-order valence-corrected chi connectivity index (χ1v) is 23.8. The Morgan fingerprint density at radius 1 is 0.867 bits per heavy atom. The van der Waals surface area contributed by atoms with Gasteiger partial charge in [-0.3, -0.25) is 0 Å². The molecule has 0 aromatic carbocycles. The van der Waals surface area contributed by atoms with E-state index in [4.69, 9.17) is 53.0 Å². The van der Waals surface area contributed by atoms with E-state index in [0.29, 0.717) is 0 Å². The van der Waals surface area contributed by atoms with E-state index in [9.17, 15) is 0 Å². The van der Waals surface area contributed by atoms with Gasteiger partial charge in [-0.25, -0.2) is 4.58 Å². The Kier molecular flexibility index (Phi) is 8.36. The Morgan fingerprint density at radius 2 is 1.07 bits per heavy atom. The van der Waals surface area contributed by atoms with E-state index >= 15 is 0 Å². The van der Waals surface area contributed by atoms with Crippen LogP contribution in [0.3, 0.4) is 0 Å². The zero-order valence-electron chi connectivity index (χ0n) is 8.70. The topological polar surface area (TPSA) is 3.01 Å². The van der Waals surface area contributed by atoms with Gasteiger partial charge in [-0.15, -0.1) is 0 Å². The zero-order chi connectivity index (χ0) is 12.8. The molecule has 0 bridgehead atoms. The predicted octanol–water partition coefficient (Wildman–Crippen LogP) is 5.28. The van der Waals surface area contributed by atoms with Crippen molar-refractivity contribution in [1.82, 2.24) is 0 Å². The maximum absolute atomic E-state index is 5.42. The Bertz CT molecular complexity index is 185. The van der Waals surface area contributed by atoms with Crippen molar-refractivity contribution in [1.29, 1.82) is 0 Å². The molecule has 8 heteroatoms. The van der Waals surface area contributed by atoms with Crippen LogP contribution in [0.25, 0.3) is 0 Å². The molecule has 0 saturated heterocycles. The molecule has 0 spiro atoms. The van der Waals surface area contributed by atoms with Gasteiger partial charge in [0.25, 0.3) is 0 Å². The molecule has 15 heavy (non-hydrogen) atoms. The fourth-order valence-electron chi connectivity index (χ4n) is 0.744. The van der Waals surface area contributed by atoms with Gasteiger partial charge in [-0.05, 0) is 0 Å². The van der Waals surface area contributed by atoms with E-state index in [1.54, 1.807) is 0 Å². The maximum atomic E-state index is 5.06. The number of rotatable bonds is 4. The van der Waals surface area contributed by atoms with Gasteiger partial charge in [0.2, 0.25) is 0 Å². The molecular formula is C7H16Cl6NSb. The van der Waals surface area contributed by atoms with Crippen molar-refractivity contribution >= 4 is 68.8 Å². The van der Waals surface area contributed by atoms with Gasteiger partial charge in [-0.2, -0.15) is 0 Å². The van der Waals surface area contributed by atoms with Crippen LogP contribution in [0.4, 0.5) is 0 Å². The van der Waals surface area contributed by atoms with Crippen molar-refractivity contribution in [3.8, 4) is 0 Å². The van der Waals surface area contributed by atoms with E-state index in [-0.39, 0.29) is 0 Å². The molecule has 0 atom stereocenters. The van der Waals surface area contributed by atoms with Gasteiger partial charge in [0.05, 0.1) is 0 Å². The van der Waals surface area contributed by atoms with E-state index in [1.165, 1.54) is 12.8 Å². The van der Waals surface area contributed by atoms with Gasteiger partial charge >= 0.3 is 62.1 Å². The van der Waals surface area contributed by atoms with Crippen molar-refractivity contribution in [3.63, 3.8) is 0 Å². The zero-order valence-corrected chi connectivity index (χ0v) is 15.8. The molecular weight excluding hydrogens is 433 g/mol. The number of hydrogen-bond donors (Lipinski definition) is 0. The summed E-state index contributed by atoms with van der Waals surface area (Å²) in [5.41, 5.74) is 0. The average Bonchev–Trinajstić information content (AvgIpc) is 1.80. The number of nitrogens with zero attached hydrogens (tertiary/aromatic N) is 1. The van der Waals surface area contributed by atoms with Crippen molar-refractivity contribution < 1.29 is 4.58 Å². The molecule has 0 saturated carbocycles. The second-order valence-corrected chi connectivity index (χ2v) is 60.0. The fourth-order valence-corrected chi connectivity index (χ4v) is 0.744. The van der Waals surface area contributed by atoms with Gasteiger partial charge < -0.3 is 0 Å². The van der Waals surface area contributed by atoms with Crippen LogP contribution < -0.4 is 0 Å². The summed E-state index contributed by atoms with van der Waals surface area (Å²) in [6.07, 6.45) is 2.42. The van der Waals surface area contributed by atoms with Gasteiger partial charge in [0.15, 0.2) is 0 Å². The van der Waals surface area contributed by atoms with Gasteiger partial charge in [0, 0.05) is 12.8 Å². The minimum absolute atomic E-state index is 1.13. The normalized spacial score (nSPS) is 15.7. The minimum atomic E-state index is -5.42. The van der Waals surface area contributed by atoms with Crippen molar-refractivity contribution in [3.05, 3.63) is 0 Å². The number of hydrogen-bond acceptors (Lipinski definition) is 0. The average molecular weight is 449 g/mol. The van der Waals surface area contributed by atoms with Crippen LogP contribution >= 0.6 is 53.0 Å². The monoisotopic (exact) mass is 445 g/mol. The van der Waals surface area contributed by atoms with Crippen LogP contribution in [-0.4, -0.2) is 33.5 Å². The summed E-state index contributed by atoms with van der Waals surface area (Å²) in [5, 5.41) is 0. The van der Waals surface area contributed by atoms with E-state index < -0.39 is 9.14 Å². The summed E-state index contributed by atoms with van der Waals surface area (Å²) < 4.78 is 2.11. The molecule has 0 aliphatic rings. The summed E-state index contributed by atoms with van der Waals surface area (Å²) in [6, 6.07) is 0. The molecule has 0 aromatic rings. The first-order valence-electron chi connectivity index (χ1n) is 4.38. The van der Waals surface area contributed by atoms with Crippen LogP contribution in [0.15, 0.2) is 0 Å². The summed E-state index contributed by atoms with van der Waals surface area (Å²) in [7, 11) is 25.0. The number of halogens is 6. The van der Waals surface area contributed by atoms with E-state index in [1.807, 2.05) is 0 Å². The third-order valence-electron chi connectivity index (χ3n) is 1.08. The Morgan fingerprint density at radius 3 is 1.20 bits per heavy atom. The fraction of sp³-hybridized carbons (Fsp3) is 0.857. The Hall–Kier alpha value is 2.23. The van der Waals surface area contributed by atoms with Crippen LogP contribution in [-0.2, 0) is 0 Å². The molecule has 0 rings (SSSR count). The van der Waals surface area contributed by atoms with Crippen LogP contribution in [0.5, 0.6) is 0 Å². The van der Waals surface area contributed by atoms with Gasteiger partial charge in [0.1, 0.15) is 19.8 Å². The molecule has 1 nitrogen and oxygen atoms in total. The standard InChI is InChI=1S/C7H16N.6ClH.Sb/c1-4-6-8(3)7-5-2;;;;;;;/h3-7H2,1-2H3;6*1H;/q+1;;;;;;;+5/p-6. The van der Waals surface area contributed by atoms with Crippen LogP contribution in [0, 0.1) is 0 Å². The Labute approximate surface area is 112 Å². The van der Waals surface area contributed by atoms with Crippen LogP contribution in [0.2, 0.25) is 0 Å². The first kappa shape index (κ1) is 19.6. The van der Waals surface area contributed by atoms with Gasteiger partial charge in [-0.1, -0.05) is 13.8 Å². The molecule has 0 radical (unpaired) electrons. The Balaban J connectivity index is 0. The van der Waals surface area contributed by atoms with Crippen molar-refractivity contribution in [2.75, 3.05) is 13.1 Å². The predicted molar refractivity (Wildman–Crippen MR) is 78.6 cm³/mol.